The van der Waals surface area contributed by atoms with Crippen LogP contribution in [0.3, 0.4) is 0 Å². The van der Waals surface area contributed by atoms with E-state index in [4.69, 9.17) is 0 Å². The molecule has 0 amide bonds. The molecule has 1 N–H and O–H groups in total. The minimum Gasteiger partial charge on any atom is -0.476 e. The van der Waals surface area contributed by atoms with Crippen LogP contribution in [0.25, 0.3) is 10.6 Å². The third-order valence-corrected chi connectivity index (χ3v) is 3.61. The van der Waals surface area contributed by atoms with Crippen molar-refractivity contribution in [1.82, 2.24) is 20.0 Å². The number of carboxylic acids is 1. The fraction of sp³-hybridized carbons (Fsp3) is 0.0769. The Balaban J connectivity index is 2.06. The summed E-state index contributed by atoms with van der Waals surface area (Å²) in [6.45, 7) is 0.383. The molecule has 0 aliphatic carbocycles. The molecule has 0 saturated carbocycles. The van der Waals surface area contributed by atoms with Crippen molar-refractivity contribution < 1.29 is 9.90 Å². The van der Waals surface area contributed by atoms with Crippen LogP contribution >= 0.6 is 11.3 Å². The molecule has 6 nitrogen and oxygen atoms in total. The van der Waals surface area contributed by atoms with Gasteiger partial charge in [-0.25, -0.2) is 9.48 Å². The number of aromatic nitrogens is 4. The first-order chi connectivity index (χ1) is 9.75. The van der Waals surface area contributed by atoms with Gasteiger partial charge < -0.3 is 5.11 Å². The summed E-state index contributed by atoms with van der Waals surface area (Å²) in [4.78, 5) is 16.3. The molecule has 0 saturated heterocycles. The lowest BCUT2D eigenvalue weighted by atomic mass is 10.2. The Hall–Kier alpha value is -2.54. The highest BCUT2D eigenvalue weighted by atomic mass is 32.1. The molecule has 3 heterocycles. The van der Waals surface area contributed by atoms with Crippen LogP contribution in [0.1, 0.15) is 16.2 Å². The Bertz CT molecular complexity index is 722. The van der Waals surface area contributed by atoms with E-state index in [1.54, 1.807) is 10.9 Å². The molecule has 0 spiro atoms. The third kappa shape index (κ3) is 2.30. The summed E-state index contributed by atoms with van der Waals surface area (Å²) < 4.78 is 1.57. The summed E-state index contributed by atoms with van der Waals surface area (Å²) in [5.41, 5.74) is 1.27. The topological polar surface area (TPSA) is 80.9 Å². The quantitative estimate of drug-likeness (QED) is 0.794. The van der Waals surface area contributed by atoms with Gasteiger partial charge in [0.2, 0.25) is 0 Å². The van der Waals surface area contributed by atoms with E-state index in [1.165, 1.54) is 11.3 Å². The van der Waals surface area contributed by atoms with Gasteiger partial charge in [-0.05, 0) is 23.6 Å². The lowest BCUT2D eigenvalue weighted by Gasteiger charge is -2.04. The molecule has 0 aromatic carbocycles. The van der Waals surface area contributed by atoms with Crippen LogP contribution in [0.15, 0.2) is 41.9 Å². The molecule has 0 fully saturated rings. The van der Waals surface area contributed by atoms with Crippen LogP contribution in [0.4, 0.5) is 0 Å². The van der Waals surface area contributed by atoms with Gasteiger partial charge in [-0.3, -0.25) is 4.98 Å². The molecular weight excluding hydrogens is 276 g/mol. The van der Waals surface area contributed by atoms with Gasteiger partial charge in [0, 0.05) is 6.20 Å². The van der Waals surface area contributed by atoms with E-state index in [0.717, 1.165) is 10.6 Å². The van der Waals surface area contributed by atoms with Crippen molar-refractivity contribution >= 4 is 17.3 Å². The van der Waals surface area contributed by atoms with E-state index >= 15 is 0 Å². The van der Waals surface area contributed by atoms with Gasteiger partial charge in [-0.15, -0.1) is 16.4 Å². The second-order valence-corrected chi connectivity index (χ2v) is 5.00. The minimum absolute atomic E-state index is 0.0385. The van der Waals surface area contributed by atoms with E-state index in [9.17, 15) is 9.90 Å². The molecule has 7 heteroatoms. The number of pyridine rings is 1. The van der Waals surface area contributed by atoms with Crippen molar-refractivity contribution in [3.63, 3.8) is 0 Å². The highest BCUT2D eigenvalue weighted by molar-refractivity contribution is 7.13. The highest BCUT2D eigenvalue weighted by Crippen LogP contribution is 2.27. The number of carboxylic acid groups (broad SMARTS) is 1. The van der Waals surface area contributed by atoms with Gasteiger partial charge in [-0.1, -0.05) is 17.3 Å². The Labute approximate surface area is 118 Å². The van der Waals surface area contributed by atoms with Crippen LogP contribution in [0.2, 0.25) is 0 Å². The summed E-state index contributed by atoms with van der Waals surface area (Å²) >= 11 is 1.45. The smallest absolute Gasteiger partial charge is 0.358 e. The van der Waals surface area contributed by atoms with Gasteiger partial charge in [-0.2, -0.15) is 0 Å². The van der Waals surface area contributed by atoms with Crippen LogP contribution in [-0.4, -0.2) is 31.1 Å². The second-order valence-electron chi connectivity index (χ2n) is 4.05. The van der Waals surface area contributed by atoms with Gasteiger partial charge in [0.25, 0.3) is 0 Å². The maximum Gasteiger partial charge on any atom is 0.358 e. The fourth-order valence-electron chi connectivity index (χ4n) is 1.87. The standard InChI is InChI=1S/C13H10N4O2S/c18-13(19)11-12(10-5-3-7-20-10)17(16-15-11)8-9-4-1-2-6-14-9/h1-7H,8H2,(H,18,19). The molecular formula is C13H10N4O2S. The number of rotatable bonds is 4. The Morgan fingerprint density at radius 2 is 2.20 bits per heavy atom. The van der Waals surface area contributed by atoms with E-state index in [2.05, 4.69) is 15.3 Å². The molecule has 3 rings (SSSR count). The first-order valence-corrected chi connectivity index (χ1v) is 6.74. The largest absolute Gasteiger partial charge is 0.476 e. The van der Waals surface area contributed by atoms with Crippen molar-refractivity contribution in [2.24, 2.45) is 0 Å². The Morgan fingerprint density at radius 3 is 2.85 bits per heavy atom. The van der Waals surface area contributed by atoms with Crippen LogP contribution in [-0.2, 0) is 6.54 Å². The summed E-state index contributed by atoms with van der Waals surface area (Å²) in [5.74, 6) is -1.08. The Kier molecular flexibility index (Phi) is 3.26. The first-order valence-electron chi connectivity index (χ1n) is 5.86. The number of hydrogen-bond acceptors (Lipinski definition) is 5. The van der Waals surface area contributed by atoms with Crippen LogP contribution in [0, 0.1) is 0 Å². The number of hydrogen-bond donors (Lipinski definition) is 1. The minimum atomic E-state index is -1.08. The molecule has 100 valence electrons. The molecule has 0 bridgehead atoms. The molecule has 0 radical (unpaired) electrons. The molecule has 20 heavy (non-hydrogen) atoms. The summed E-state index contributed by atoms with van der Waals surface area (Å²) in [5, 5.41) is 18.8. The molecule has 0 atom stereocenters. The average molecular weight is 286 g/mol. The molecule has 0 aliphatic rings. The van der Waals surface area contributed by atoms with E-state index in [1.807, 2.05) is 35.7 Å². The van der Waals surface area contributed by atoms with E-state index in [-0.39, 0.29) is 5.69 Å². The normalized spacial score (nSPS) is 10.6. The monoisotopic (exact) mass is 286 g/mol. The number of carbonyl (C=O) groups is 1. The van der Waals surface area contributed by atoms with Gasteiger partial charge in [0.05, 0.1) is 17.1 Å². The summed E-state index contributed by atoms with van der Waals surface area (Å²) in [7, 11) is 0. The van der Waals surface area contributed by atoms with E-state index in [0.29, 0.717) is 12.2 Å². The van der Waals surface area contributed by atoms with Crippen molar-refractivity contribution in [3.05, 3.63) is 53.3 Å². The number of thiophene rings is 1. The molecule has 0 unspecified atom stereocenters. The number of nitrogens with zero attached hydrogens (tertiary/aromatic N) is 4. The van der Waals surface area contributed by atoms with Crippen molar-refractivity contribution in [2.45, 2.75) is 6.54 Å². The SMILES string of the molecule is O=C(O)c1nnn(Cc2ccccn2)c1-c1cccs1. The van der Waals surface area contributed by atoms with Gasteiger partial charge in [0.1, 0.15) is 5.69 Å². The highest BCUT2D eigenvalue weighted by Gasteiger charge is 2.21. The zero-order valence-corrected chi connectivity index (χ0v) is 11.1. The van der Waals surface area contributed by atoms with Gasteiger partial charge in [0.15, 0.2) is 5.69 Å². The van der Waals surface area contributed by atoms with Gasteiger partial charge >= 0.3 is 5.97 Å². The average Bonchev–Trinajstić information content (AvgIpc) is 3.08. The third-order valence-electron chi connectivity index (χ3n) is 2.73. The molecule has 3 aromatic heterocycles. The zero-order valence-electron chi connectivity index (χ0n) is 10.3. The summed E-state index contributed by atoms with van der Waals surface area (Å²) in [6, 6.07) is 9.28. The lowest BCUT2D eigenvalue weighted by molar-refractivity contribution is 0.0691. The first kappa shape index (κ1) is 12.5. The summed E-state index contributed by atoms with van der Waals surface area (Å²) in [6.07, 6.45) is 1.69. The number of aromatic carboxylic acids is 1. The van der Waals surface area contributed by atoms with Crippen molar-refractivity contribution in [3.8, 4) is 10.6 Å². The fourth-order valence-corrected chi connectivity index (χ4v) is 2.64. The van der Waals surface area contributed by atoms with Crippen LogP contribution < -0.4 is 0 Å². The Morgan fingerprint density at radius 1 is 1.30 bits per heavy atom. The molecule has 3 aromatic rings. The maximum absolute atomic E-state index is 11.3. The molecule has 0 aliphatic heterocycles. The van der Waals surface area contributed by atoms with Crippen LogP contribution in [0.5, 0.6) is 0 Å². The van der Waals surface area contributed by atoms with Crippen molar-refractivity contribution in [2.75, 3.05) is 0 Å². The maximum atomic E-state index is 11.3. The lowest BCUT2D eigenvalue weighted by Crippen LogP contribution is -2.06. The zero-order chi connectivity index (χ0) is 13.9. The van der Waals surface area contributed by atoms with Crippen molar-refractivity contribution in [1.29, 1.82) is 0 Å². The predicted molar refractivity (Wildman–Crippen MR) is 73.6 cm³/mol. The predicted octanol–water partition coefficient (Wildman–Crippen LogP) is 2.15. The van der Waals surface area contributed by atoms with E-state index < -0.39 is 5.97 Å². The second kappa shape index (κ2) is 5.22.